The zero-order valence-corrected chi connectivity index (χ0v) is 6.26. The van der Waals surface area contributed by atoms with Gasteiger partial charge in [-0.25, -0.2) is 0 Å². The Morgan fingerprint density at radius 2 is 2.09 bits per heavy atom. The van der Waals surface area contributed by atoms with Crippen molar-refractivity contribution in [1.82, 2.24) is 4.57 Å². The Labute approximate surface area is 66.9 Å². The second kappa shape index (κ2) is 3.04. The Morgan fingerprint density at radius 3 is 2.55 bits per heavy atom. The maximum Gasteiger partial charge on any atom is 0.321 e. The van der Waals surface area contributed by atoms with E-state index >= 15 is 0 Å². The Hall–Kier alpha value is -0.840. The monoisotopic (exact) mass is 177 g/mol. The van der Waals surface area contributed by atoms with E-state index in [1.165, 1.54) is 6.07 Å². The summed E-state index contributed by atoms with van der Waals surface area (Å²) < 4.78 is 24.2. The van der Waals surface area contributed by atoms with Crippen LogP contribution in [0.1, 0.15) is 6.55 Å². The topological polar surface area (TPSA) is 22.0 Å². The highest BCUT2D eigenvalue weighted by Gasteiger charge is 2.06. The molecular formula is C6H5F2NOS. The highest BCUT2D eigenvalue weighted by atomic mass is 32.1. The fourth-order valence-corrected chi connectivity index (χ4v) is 0.843. The standard InChI is InChI=1S/C6H5F2NOS/c7-6(8)9-3-4(11)1-2-5(9)10/h1-3,6,11H. The SMILES string of the molecule is O=c1ccc(S)cn1C(F)F. The van der Waals surface area contributed by atoms with Crippen molar-refractivity contribution in [3.8, 4) is 0 Å². The molecular weight excluding hydrogens is 172 g/mol. The van der Waals surface area contributed by atoms with Crippen LogP contribution in [-0.4, -0.2) is 4.57 Å². The lowest BCUT2D eigenvalue weighted by Crippen LogP contribution is -2.18. The largest absolute Gasteiger partial charge is 0.321 e. The van der Waals surface area contributed by atoms with Crippen molar-refractivity contribution in [3.05, 3.63) is 28.7 Å². The smallest absolute Gasteiger partial charge is 0.269 e. The van der Waals surface area contributed by atoms with Crippen molar-refractivity contribution in [3.63, 3.8) is 0 Å². The van der Waals surface area contributed by atoms with Crippen molar-refractivity contribution in [2.75, 3.05) is 0 Å². The first kappa shape index (κ1) is 8.26. The minimum absolute atomic E-state index is 0.322. The van der Waals surface area contributed by atoms with Crippen molar-refractivity contribution in [2.45, 2.75) is 11.4 Å². The number of rotatable bonds is 1. The highest BCUT2D eigenvalue weighted by molar-refractivity contribution is 7.80. The fourth-order valence-electron chi connectivity index (χ4n) is 0.644. The Balaban J connectivity index is 3.24. The molecule has 0 N–H and O–H groups in total. The first-order chi connectivity index (χ1) is 5.11. The highest BCUT2D eigenvalue weighted by Crippen LogP contribution is 2.08. The predicted octanol–water partition coefficient (Wildman–Crippen LogP) is 1.53. The van der Waals surface area contributed by atoms with Gasteiger partial charge in [-0.1, -0.05) is 0 Å². The predicted molar refractivity (Wildman–Crippen MR) is 39.2 cm³/mol. The number of nitrogens with zero attached hydrogens (tertiary/aromatic N) is 1. The van der Waals surface area contributed by atoms with Gasteiger partial charge in [-0.05, 0) is 6.07 Å². The van der Waals surface area contributed by atoms with Crippen LogP contribution in [0.3, 0.4) is 0 Å². The summed E-state index contributed by atoms with van der Waals surface area (Å²) in [5.41, 5.74) is -0.724. The molecule has 60 valence electrons. The molecule has 0 aliphatic carbocycles. The average Bonchev–Trinajstić information content (AvgIpc) is 1.94. The van der Waals surface area contributed by atoms with Gasteiger partial charge in [0.2, 0.25) is 0 Å². The van der Waals surface area contributed by atoms with Gasteiger partial charge in [0, 0.05) is 17.2 Å². The average molecular weight is 177 g/mol. The molecule has 1 heterocycles. The van der Waals surface area contributed by atoms with Crippen molar-refractivity contribution in [2.24, 2.45) is 0 Å². The van der Waals surface area contributed by atoms with E-state index in [1.54, 1.807) is 0 Å². The van der Waals surface area contributed by atoms with Gasteiger partial charge in [-0.2, -0.15) is 8.78 Å². The van der Waals surface area contributed by atoms with E-state index in [9.17, 15) is 13.6 Å². The van der Waals surface area contributed by atoms with Crippen LogP contribution in [0.25, 0.3) is 0 Å². The number of halogens is 2. The van der Waals surface area contributed by atoms with Gasteiger partial charge >= 0.3 is 6.55 Å². The van der Waals surface area contributed by atoms with Crippen LogP contribution in [0.15, 0.2) is 28.0 Å². The molecule has 0 atom stereocenters. The first-order valence-electron chi connectivity index (χ1n) is 2.80. The van der Waals surface area contributed by atoms with Crippen molar-refractivity contribution in [1.29, 1.82) is 0 Å². The molecule has 0 saturated heterocycles. The molecule has 0 unspecified atom stereocenters. The molecule has 0 aromatic carbocycles. The van der Waals surface area contributed by atoms with Crippen LogP contribution in [0, 0.1) is 0 Å². The summed E-state index contributed by atoms with van der Waals surface area (Å²) in [5.74, 6) is 0. The fraction of sp³-hybridized carbons (Fsp3) is 0.167. The molecule has 2 nitrogen and oxygen atoms in total. The minimum Gasteiger partial charge on any atom is -0.269 e. The molecule has 1 rings (SSSR count). The maximum atomic E-state index is 11.9. The maximum absolute atomic E-state index is 11.9. The Bertz CT molecular complexity index is 310. The van der Waals surface area contributed by atoms with Crippen LogP contribution in [0.2, 0.25) is 0 Å². The molecule has 0 spiro atoms. The lowest BCUT2D eigenvalue weighted by Gasteiger charge is -2.02. The van der Waals surface area contributed by atoms with Crippen LogP contribution in [0.4, 0.5) is 8.78 Å². The van der Waals surface area contributed by atoms with E-state index in [0.29, 0.717) is 9.46 Å². The molecule has 0 aliphatic rings. The number of aromatic nitrogens is 1. The van der Waals surface area contributed by atoms with Crippen molar-refractivity contribution < 1.29 is 8.78 Å². The molecule has 5 heteroatoms. The minimum atomic E-state index is -2.80. The number of hydrogen-bond acceptors (Lipinski definition) is 2. The van der Waals surface area contributed by atoms with Gasteiger partial charge in [0.15, 0.2) is 0 Å². The third-order valence-corrected chi connectivity index (χ3v) is 1.40. The lowest BCUT2D eigenvalue weighted by atomic mass is 10.5. The van der Waals surface area contributed by atoms with E-state index < -0.39 is 12.1 Å². The molecule has 0 amide bonds. The van der Waals surface area contributed by atoms with Gasteiger partial charge in [0.1, 0.15) is 0 Å². The molecule has 1 aromatic rings. The second-order valence-corrected chi connectivity index (χ2v) is 2.43. The summed E-state index contributed by atoms with van der Waals surface area (Å²) in [4.78, 5) is 11.0. The van der Waals surface area contributed by atoms with Crippen molar-refractivity contribution >= 4 is 12.6 Å². The normalized spacial score (nSPS) is 10.5. The summed E-state index contributed by atoms with van der Waals surface area (Å²) in [6.45, 7) is -2.80. The van der Waals surface area contributed by atoms with E-state index in [2.05, 4.69) is 12.6 Å². The first-order valence-corrected chi connectivity index (χ1v) is 3.25. The van der Waals surface area contributed by atoms with E-state index in [1.807, 2.05) is 0 Å². The van der Waals surface area contributed by atoms with Gasteiger partial charge < -0.3 is 0 Å². The third kappa shape index (κ3) is 1.80. The summed E-state index contributed by atoms with van der Waals surface area (Å²) >= 11 is 3.80. The molecule has 0 bridgehead atoms. The molecule has 11 heavy (non-hydrogen) atoms. The zero-order valence-electron chi connectivity index (χ0n) is 5.37. The second-order valence-electron chi connectivity index (χ2n) is 1.91. The van der Waals surface area contributed by atoms with Gasteiger partial charge in [0.25, 0.3) is 5.56 Å². The van der Waals surface area contributed by atoms with Crippen LogP contribution >= 0.6 is 12.6 Å². The summed E-state index contributed by atoms with van der Waals surface area (Å²) in [5, 5.41) is 0. The van der Waals surface area contributed by atoms with Crippen LogP contribution in [0.5, 0.6) is 0 Å². The third-order valence-electron chi connectivity index (χ3n) is 1.13. The Kier molecular flexibility index (Phi) is 2.28. The van der Waals surface area contributed by atoms with Crippen LogP contribution < -0.4 is 5.56 Å². The summed E-state index contributed by atoms with van der Waals surface area (Å²) in [7, 11) is 0. The molecule has 0 fully saturated rings. The van der Waals surface area contributed by atoms with Gasteiger partial charge in [-0.3, -0.25) is 9.36 Å². The molecule has 1 aromatic heterocycles. The lowest BCUT2D eigenvalue weighted by molar-refractivity contribution is 0.0656. The number of alkyl halides is 2. The molecule has 0 aliphatic heterocycles. The molecule has 0 saturated carbocycles. The van der Waals surface area contributed by atoms with E-state index in [-0.39, 0.29) is 0 Å². The number of hydrogen-bond donors (Lipinski definition) is 1. The zero-order chi connectivity index (χ0) is 8.43. The summed E-state index contributed by atoms with van der Waals surface area (Å²) in [6, 6.07) is 2.42. The van der Waals surface area contributed by atoms with Gasteiger partial charge in [0.05, 0.1) is 0 Å². The van der Waals surface area contributed by atoms with E-state index in [4.69, 9.17) is 0 Å². The number of pyridine rings is 1. The van der Waals surface area contributed by atoms with E-state index in [0.717, 1.165) is 12.3 Å². The number of thiol groups is 1. The quantitative estimate of drug-likeness (QED) is 0.645. The summed E-state index contributed by atoms with van der Waals surface area (Å²) in [6.07, 6.45) is 0.996. The van der Waals surface area contributed by atoms with Crippen LogP contribution in [-0.2, 0) is 0 Å². The Morgan fingerprint density at radius 1 is 1.45 bits per heavy atom. The van der Waals surface area contributed by atoms with Gasteiger partial charge in [-0.15, -0.1) is 12.6 Å². The molecule has 0 radical (unpaired) electrons.